The lowest BCUT2D eigenvalue weighted by Gasteiger charge is -2.12. The van der Waals surface area contributed by atoms with Gasteiger partial charge in [0, 0.05) is 16.8 Å². The van der Waals surface area contributed by atoms with Gasteiger partial charge in [-0.1, -0.05) is 42.1 Å². The van der Waals surface area contributed by atoms with Crippen molar-refractivity contribution in [1.29, 1.82) is 0 Å². The molecule has 0 fully saturated rings. The number of ketones is 1. The summed E-state index contributed by atoms with van der Waals surface area (Å²) in [6.07, 6.45) is 4.75. The van der Waals surface area contributed by atoms with Crippen LogP contribution in [0.2, 0.25) is 0 Å². The van der Waals surface area contributed by atoms with Gasteiger partial charge < -0.3 is 5.11 Å². The third kappa shape index (κ3) is 3.39. The molecule has 0 amide bonds. The lowest BCUT2D eigenvalue weighted by atomic mass is 9.94. The van der Waals surface area contributed by atoms with Gasteiger partial charge in [0.1, 0.15) is 5.76 Å². The second-order valence-electron chi connectivity index (χ2n) is 5.99. The molecule has 0 saturated carbocycles. The first-order chi connectivity index (χ1) is 9.95. The largest absolute Gasteiger partial charge is 0.511 e. The van der Waals surface area contributed by atoms with Gasteiger partial charge in [-0.2, -0.15) is 0 Å². The molecule has 0 saturated heterocycles. The summed E-state index contributed by atoms with van der Waals surface area (Å²) in [6, 6.07) is 4.00. The predicted molar refractivity (Wildman–Crippen MR) is 90.4 cm³/mol. The Bertz CT molecular complexity index is 564. The molecule has 1 aliphatic carbocycles. The molecule has 1 N–H and O–H groups in total. The SMILES string of the molecule is CCCCCC1CC(=O)C(c2c(C)cc(Br)cc2C)=C1O. The van der Waals surface area contributed by atoms with Crippen LogP contribution in [0, 0.1) is 19.8 Å². The number of halogens is 1. The lowest BCUT2D eigenvalue weighted by Crippen LogP contribution is -2.01. The zero-order valence-corrected chi connectivity index (χ0v) is 14.6. The highest BCUT2D eigenvalue weighted by molar-refractivity contribution is 9.10. The Balaban J connectivity index is 2.36. The number of aliphatic hydroxyl groups is 1. The maximum atomic E-state index is 12.4. The number of carbonyl (C=O) groups is 1. The third-order valence-electron chi connectivity index (χ3n) is 4.26. The van der Waals surface area contributed by atoms with Crippen LogP contribution < -0.4 is 0 Å². The van der Waals surface area contributed by atoms with Gasteiger partial charge in [-0.25, -0.2) is 0 Å². The van der Waals surface area contributed by atoms with E-state index >= 15 is 0 Å². The van der Waals surface area contributed by atoms with Crippen LogP contribution in [0.1, 0.15) is 55.7 Å². The first-order valence-corrected chi connectivity index (χ1v) is 8.48. The topological polar surface area (TPSA) is 37.3 Å². The molecule has 0 radical (unpaired) electrons. The zero-order chi connectivity index (χ0) is 15.6. The van der Waals surface area contributed by atoms with E-state index in [0.29, 0.717) is 17.8 Å². The molecule has 1 unspecified atom stereocenters. The number of unbranched alkanes of at least 4 members (excludes halogenated alkanes) is 2. The van der Waals surface area contributed by atoms with Crippen molar-refractivity contribution < 1.29 is 9.90 Å². The van der Waals surface area contributed by atoms with Gasteiger partial charge in [-0.05, 0) is 49.1 Å². The van der Waals surface area contributed by atoms with E-state index in [1.807, 2.05) is 26.0 Å². The summed E-state index contributed by atoms with van der Waals surface area (Å²) < 4.78 is 1.01. The number of aliphatic hydroxyl groups excluding tert-OH is 1. The van der Waals surface area contributed by atoms with Gasteiger partial charge in [-0.3, -0.25) is 4.79 Å². The van der Waals surface area contributed by atoms with Crippen LogP contribution in [0.3, 0.4) is 0 Å². The summed E-state index contributed by atoms with van der Waals surface area (Å²) in [4.78, 5) is 12.4. The van der Waals surface area contributed by atoms with Crippen LogP contribution in [0.5, 0.6) is 0 Å². The Morgan fingerprint density at radius 2 is 1.86 bits per heavy atom. The van der Waals surface area contributed by atoms with E-state index in [4.69, 9.17) is 0 Å². The first kappa shape index (κ1) is 16.3. The summed E-state index contributed by atoms with van der Waals surface area (Å²) in [5, 5.41) is 10.5. The number of hydrogen-bond acceptors (Lipinski definition) is 2. The van der Waals surface area contributed by atoms with Crippen molar-refractivity contribution >= 4 is 27.3 Å². The van der Waals surface area contributed by atoms with Crippen LogP contribution in [-0.2, 0) is 4.79 Å². The summed E-state index contributed by atoms with van der Waals surface area (Å²) in [7, 11) is 0. The van der Waals surface area contributed by atoms with Crippen LogP contribution in [0.4, 0.5) is 0 Å². The van der Waals surface area contributed by atoms with E-state index in [9.17, 15) is 9.90 Å². The summed E-state index contributed by atoms with van der Waals surface area (Å²) >= 11 is 3.48. The van der Waals surface area contributed by atoms with Gasteiger partial charge >= 0.3 is 0 Å². The fourth-order valence-electron chi connectivity index (χ4n) is 3.22. The molecule has 2 rings (SSSR count). The Kier molecular flexibility index (Phi) is 5.26. The summed E-state index contributed by atoms with van der Waals surface area (Å²) in [5.74, 6) is 0.411. The standard InChI is InChI=1S/C18H23BrO2/c1-4-5-6-7-13-10-15(20)17(18(13)21)16-11(2)8-14(19)9-12(16)3/h8-9,13,21H,4-7,10H2,1-3H3. The van der Waals surface area contributed by atoms with Gasteiger partial charge in [0.2, 0.25) is 0 Å². The molecule has 0 aromatic heterocycles. The highest BCUT2D eigenvalue weighted by Crippen LogP contribution is 2.39. The van der Waals surface area contributed by atoms with Crippen molar-refractivity contribution in [2.45, 2.75) is 52.9 Å². The fourth-order valence-corrected chi connectivity index (χ4v) is 3.91. The molecule has 0 heterocycles. The smallest absolute Gasteiger partial charge is 0.167 e. The van der Waals surface area contributed by atoms with Crippen molar-refractivity contribution in [3.63, 3.8) is 0 Å². The van der Waals surface area contributed by atoms with Crippen molar-refractivity contribution in [2.24, 2.45) is 5.92 Å². The highest BCUT2D eigenvalue weighted by atomic mass is 79.9. The Hall–Kier alpha value is -1.09. The molecule has 21 heavy (non-hydrogen) atoms. The summed E-state index contributed by atoms with van der Waals surface area (Å²) in [5.41, 5.74) is 3.54. The fraction of sp³-hybridized carbons (Fsp3) is 0.500. The number of allylic oxidation sites excluding steroid dienone is 2. The molecule has 1 atom stereocenters. The number of hydrogen-bond donors (Lipinski definition) is 1. The second-order valence-corrected chi connectivity index (χ2v) is 6.91. The average Bonchev–Trinajstić information content (AvgIpc) is 2.66. The van der Waals surface area contributed by atoms with Crippen molar-refractivity contribution in [3.05, 3.63) is 39.1 Å². The second kappa shape index (κ2) is 6.78. The first-order valence-electron chi connectivity index (χ1n) is 7.69. The number of rotatable bonds is 5. The average molecular weight is 351 g/mol. The normalized spacial score (nSPS) is 18.7. The van der Waals surface area contributed by atoms with E-state index in [1.54, 1.807) is 0 Å². The minimum Gasteiger partial charge on any atom is -0.511 e. The Morgan fingerprint density at radius 1 is 1.24 bits per heavy atom. The van der Waals surface area contributed by atoms with Crippen molar-refractivity contribution in [3.8, 4) is 0 Å². The van der Waals surface area contributed by atoms with Gasteiger partial charge in [0.15, 0.2) is 5.78 Å². The Morgan fingerprint density at radius 3 is 2.43 bits per heavy atom. The molecule has 2 nitrogen and oxygen atoms in total. The Labute approximate surface area is 135 Å². The number of carbonyl (C=O) groups excluding carboxylic acids is 1. The number of Topliss-reactive ketones (excluding diaryl/α,β-unsaturated/α-hetero) is 1. The van der Waals surface area contributed by atoms with Crippen LogP contribution in [0.15, 0.2) is 22.4 Å². The molecule has 114 valence electrons. The van der Waals surface area contributed by atoms with E-state index in [1.165, 1.54) is 0 Å². The van der Waals surface area contributed by atoms with E-state index in [2.05, 4.69) is 22.9 Å². The van der Waals surface area contributed by atoms with Gasteiger partial charge in [0.25, 0.3) is 0 Å². The molecular weight excluding hydrogens is 328 g/mol. The molecule has 1 aromatic carbocycles. The molecule has 1 aromatic rings. The van der Waals surface area contributed by atoms with Gasteiger partial charge in [-0.15, -0.1) is 0 Å². The van der Waals surface area contributed by atoms with Crippen molar-refractivity contribution in [2.75, 3.05) is 0 Å². The van der Waals surface area contributed by atoms with E-state index < -0.39 is 0 Å². The minimum atomic E-state index is 0.0153. The van der Waals surface area contributed by atoms with E-state index in [-0.39, 0.29) is 11.7 Å². The predicted octanol–water partition coefficient (Wildman–Crippen LogP) is 5.50. The number of aryl methyl sites for hydroxylation is 2. The quantitative estimate of drug-likeness (QED) is 0.711. The van der Waals surface area contributed by atoms with Crippen LogP contribution >= 0.6 is 15.9 Å². The molecule has 0 spiro atoms. The maximum Gasteiger partial charge on any atom is 0.167 e. The molecule has 0 bridgehead atoms. The van der Waals surface area contributed by atoms with Crippen LogP contribution in [0.25, 0.3) is 5.57 Å². The molecular formula is C18H23BrO2. The minimum absolute atomic E-state index is 0.0153. The summed E-state index contributed by atoms with van der Waals surface area (Å²) in [6.45, 7) is 6.14. The van der Waals surface area contributed by atoms with Crippen LogP contribution in [-0.4, -0.2) is 10.9 Å². The maximum absolute atomic E-state index is 12.4. The number of benzene rings is 1. The highest BCUT2D eigenvalue weighted by Gasteiger charge is 2.34. The van der Waals surface area contributed by atoms with Crippen molar-refractivity contribution in [1.82, 2.24) is 0 Å². The molecule has 3 heteroatoms. The molecule has 0 aliphatic heterocycles. The monoisotopic (exact) mass is 350 g/mol. The zero-order valence-electron chi connectivity index (χ0n) is 13.0. The third-order valence-corrected chi connectivity index (χ3v) is 4.71. The van der Waals surface area contributed by atoms with E-state index in [0.717, 1.165) is 46.8 Å². The molecule has 1 aliphatic rings. The lowest BCUT2D eigenvalue weighted by molar-refractivity contribution is -0.113. The van der Waals surface area contributed by atoms with Gasteiger partial charge in [0.05, 0.1) is 5.57 Å².